The third kappa shape index (κ3) is 5.65. The van der Waals surface area contributed by atoms with Gasteiger partial charge in [0.1, 0.15) is 30.1 Å². The van der Waals surface area contributed by atoms with Crippen LogP contribution in [-0.4, -0.2) is 35.2 Å². The van der Waals surface area contributed by atoms with Gasteiger partial charge in [-0.1, -0.05) is 47.6 Å². The average Bonchev–Trinajstić information content (AvgIpc) is 3.10. The molecule has 0 aliphatic carbocycles. The number of amidine groups is 1. The van der Waals surface area contributed by atoms with Gasteiger partial charge in [-0.15, -0.1) is 5.10 Å². The van der Waals surface area contributed by atoms with Crippen LogP contribution in [0.1, 0.15) is 24.8 Å². The predicted octanol–water partition coefficient (Wildman–Crippen LogP) is 3.80. The van der Waals surface area contributed by atoms with Crippen molar-refractivity contribution >= 4 is 40.3 Å². The molecule has 0 saturated heterocycles. The van der Waals surface area contributed by atoms with Crippen LogP contribution in [0.15, 0.2) is 53.6 Å². The molecule has 0 fully saturated rings. The van der Waals surface area contributed by atoms with E-state index in [1.165, 1.54) is 30.6 Å². The maximum atomic E-state index is 11.9. The molecule has 2 aromatic carbocycles. The van der Waals surface area contributed by atoms with E-state index >= 15 is 0 Å². The number of benzene rings is 2. The lowest BCUT2D eigenvalue weighted by molar-refractivity contribution is -0.129. The second-order valence-electron chi connectivity index (χ2n) is 6.12. The smallest absolute Gasteiger partial charge is 0.241 e. The maximum Gasteiger partial charge on any atom is 0.241 e. The van der Waals surface area contributed by atoms with Crippen LogP contribution in [0.4, 0.5) is 0 Å². The Morgan fingerprint density at radius 1 is 1.14 bits per heavy atom. The molecule has 0 radical (unpaired) electrons. The van der Waals surface area contributed by atoms with E-state index in [0.717, 1.165) is 11.3 Å². The van der Waals surface area contributed by atoms with Gasteiger partial charge in [0, 0.05) is 13.8 Å². The highest BCUT2D eigenvalue weighted by atomic mass is 35.5. The summed E-state index contributed by atoms with van der Waals surface area (Å²) in [6, 6.07) is 14.8. The van der Waals surface area contributed by atoms with Crippen molar-refractivity contribution < 1.29 is 19.1 Å². The lowest BCUT2D eigenvalue weighted by Crippen LogP contribution is -2.25. The van der Waals surface area contributed by atoms with Crippen LogP contribution >= 0.6 is 23.4 Å². The van der Waals surface area contributed by atoms with E-state index in [4.69, 9.17) is 21.1 Å². The van der Waals surface area contributed by atoms with Crippen LogP contribution in [0.5, 0.6) is 11.5 Å². The average molecular weight is 434 g/mol. The minimum absolute atomic E-state index is 0.239. The number of amides is 2. The van der Waals surface area contributed by atoms with Crippen LogP contribution in [0.25, 0.3) is 0 Å². The van der Waals surface area contributed by atoms with E-state index in [9.17, 15) is 9.59 Å². The molecule has 2 aromatic rings. The molecule has 1 unspecified atom stereocenters. The molecule has 1 N–H and O–H groups in total. The molecule has 1 heterocycles. The number of ether oxygens (including phenoxy) is 2. The molecular formula is C20H20ClN3O4S. The summed E-state index contributed by atoms with van der Waals surface area (Å²) in [7, 11) is 0. The first-order valence-electron chi connectivity index (χ1n) is 8.87. The zero-order valence-corrected chi connectivity index (χ0v) is 17.5. The molecule has 3 rings (SSSR count). The van der Waals surface area contributed by atoms with Gasteiger partial charge in [0.25, 0.3) is 0 Å². The minimum Gasteiger partial charge on any atom is -0.490 e. The van der Waals surface area contributed by atoms with Crippen LogP contribution in [0.2, 0.25) is 5.02 Å². The Bertz CT molecular complexity index is 923. The van der Waals surface area contributed by atoms with Gasteiger partial charge >= 0.3 is 0 Å². The summed E-state index contributed by atoms with van der Waals surface area (Å²) in [4.78, 5) is 23.2. The lowest BCUT2D eigenvalue weighted by atomic mass is 10.2. The molecule has 0 aromatic heterocycles. The van der Waals surface area contributed by atoms with Crippen molar-refractivity contribution in [2.45, 2.75) is 19.2 Å². The van der Waals surface area contributed by atoms with Crippen molar-refractivity contribution in [1.82, 2.24) is 10.3 Å². The molecule has 152 valence electrons. The van der Waals surface area contributed by atoms with Gasteiger partial charge in [-0.2, -0.15) is 0 Å². The zero-order chi connectivity index (χ0) is 20.8. The number of rotatable bonds is 6. The second-order valence-corrected chi connectivity index (χ2v) is 7.60. The Labute approximate surface area is 178 Å². The summed E-state index contributed by atoms with van der Waals surface area (Å²) in [6.45, 7) is 3.52. The van der Waals surface area contributed by atoms with E-state index in [1.54, 1.807) is 12.1 Å². The first-order chi connectivity index (χ1) is 13.9. The standard InChI is InChI=1S/C20H20ClN3O4S/c1-13(25)22-20-23-24(14(2)26)19(29-20)15-8-9-18(17(21)12-15)28-11-10-27-16-6-4-3-5-7-16/h3-9,12,19H,10-11H2,1-2H3,(H,22,23,25). The van der Waals surface area contributed by atoms with Crippen molar-refractivity contribution in [3.8, 4) is 11.5 Å². The van der Waals surface area contributed by atoms with E-state index in [1.807, 2.05) is 36.4 Å². The molecule has 2 amide bonds. The number of nitrogens with one attached hydrogen (secondary N) is 1. The fourth-order valence-corrected chi connectivity index (χ4v) is 3.97. The molecule has 7 nitrogen and oxygen atoms in total. The number of hydrazone groups is 1. The van der Waals surface area contributed by atoms with Crippen LogP contribution in [0, 0.1) is 0 Å². The number of carbonyl (C=O) groups excluding carboxylic acids is 2. The number of nitrogens with zero attached hydrogens (tertiary/aromatic N) is 2. The van der Waals surface area contributed by atoms with Gasteiger partial charge in [-0.25, -0.2) is 5.01 Å². The molecule has 29 heavy (non-hydrogen) atoms. The monoisotopic (exact) mass is 433 g/mol. The third-order valence-corrected chi connectivity index (χ3v) is 5.24. The van der Waals surface area contributed by atoms with Crippen LogP contribution < -0.4 is 14.8 Å². The van der Waals surface area contributed by atoms with Crippen molar-refractivity contribution in [2.75, 3.05) is 13.2 Å². The van der Waals surface area contributed by atoms with Crippen molar-refractivity contribution in [3.05, 3.63) is 59.1 Å². The molecule has 9 heteroatoms. The van der Waals surface area contributed by atoms with Crippen molar-refractivity contribution in [3.63, 3.8) is 0 Å². The lowest BCUT2D eigenvalue weighted by Gasteiger charge is -2.20. The Balaban J connectivity index is 1.61. The summed E-state index contributed by atoms with van der Waals surface area (Å²) in [6.07, 6.45) is 0. The summed E-state index contributed by atoms with van der Waals surface area (Å²) in [5.41, 5.74) is 0.771. The number of halogens is 1. The SMILES string of the molecule is CC(=O)NC1=NN(C(C)=O)C(c2ccc(OCCOc3ccccc3)c(Cl)c2)S1. The number of thioether (sulfide) groups is 1. The van der Waals surface area contributed by atoms with Gasteiger partial charge in [0.15, 0.2) is 5.17 Å². The van der Waals surface area contributed by atoms with Crippen molar-refractivity contribution in [1.29, 1.82) is 0 Å². The summed E-state index contributed by atoms with van der Waals surface area (Å²) in [5.74, 6) is 0.805. The summed E-state index contributed by atoms with van der Waals surface area (Å²) < 4.78 is 11.3. The molecule has 0 spiro atoms. The Morgan fingerprint density at radius 2 is 1.86 bits per heavy atom. The Hall–Kier alpha value is -2.71. The van der Waals surface area contributed by atoms with Crippen LogP contribution in [0.3, 0.4) is 0 Å². The number of hydrogen-bond donors (Lipinski definition) is 1. The quantitative estimate of drug-likeness (QED) is 0.701. The van der Waals surface area contributed by atoms with Crippen LogP contribution in [-0.2, 0) is 9.59 Å². The molecule has 0 saturated carbocycles. The van der Waals surface area contributed by atoms with Gasteiger partial charge in [-0.05, 0) is 29.8 Å². The zero-order valence-electron chi connectivity index (χ0n) is 15.9. The maximum absolute atomic E-state index is 11.9. The minimum atomic E-state index is -0.415. The Morgan fingerprint density at radius 3 is 2.52 bits per heavy atom. The van der Waals surface area contributed by atoms with Crippen molar-refractivity contribution in [2.24, 2.45) is 5.10 Å². The second kappa shape index (κ2) is 9.67. The van der Waals surface area contributed by atoms with E-state index in [-0.39, 0.29) is 11.8 Å². The van der Waals surface area contributed by atoms with E-state index in [2.05, 4.69) is 10.4 Å². The molecular weight excluding hydrogens is 414 g/mol. The molecule has 0 bridgehead atoms. The Kier molecular flexibility index (Phi) is 7.00. The first kappa shape index (κ1) is 21.0. The van der Waals surface area contributed by atoms with Gasteiger partial charge in [0.05, 0.1) is 5.02 Å². The van der Waals surface area contributed by atoms with Gasteiger partial charge < -0.3 is 14.8 Å². The fraction of sp³-hybridized carbons (Fsp3) is 0.250. The fourth-order valence-electron chi connectivity index (χ4n) is 2.59. The topological polar surface area (TPSA) is 80.2 Å². The number of para-hydroxylation sites is 1. The highest BCUT2D eigenvalue weighted by molar-refractivity contribution is 8.14. The molecule has 1 aliphatic rings. The summed E-state index contributed by atoms with van der Waals surface area (Å²) >= 11 is 7.63. The third-order valence-electron chi connectivity index (χ3n) is 3.84. The highest BCUT2D eigenvalue weighted by Crippen LogP contribution is 2.40. The number of hydrogen-bond acceptors (Lipinski definition) is 6. The number of carbonyl (C=O) groups is 2. The molecule has 1 atom stereocenters. The highest BCUT2D eigenvalue weighted by Gasteiger charge is 2.32. The van der Waals surface area contributed by atoms with Gasteiger partial charge in [-0.3, -0.25) is 9.59 Å². The first-order valence-corrected chi connectivity index (χ1v) is 10.1. The summed E-state index contributed by atoms with van der Waals surface area (Å²) in [5, 5.41) is 8.46. The normalized spacial score (nSPS) is 15.6. The van der Waals surface area contributed by atoms with Gasteiger partial charge in [0.2, 0.25) is 11.8 Å². The molecule has 1 aliphatic heterocycles. The van der Waals surface area contributed by atoms with E-state index < -0.39 is 5.37 Å². The van der Waals surface area contributed by atoms with E-state index in [0.29, 0.717) is 29.2 Å². The predicted molar refractivity (Wildman–Crippen MR) is 113 cm³/mol. The largest absolute Gasteiger partial charge is 0.490 e.